The first-order valence-electron chi connectivity index (χ1n) is 11.9. The average molecular weight is 435 g/mol. The van der Waals surface area contributed by atoms with E-state index in [1.54, 1.807) is 0 Å². The molecule has 0 saturated heterocycles. The maximum absolute atomic E-state index is 6.60. The molecule has 0 heterocycles. The molecule has 0 aliphatic carbocycles. The molecule has 0 amide bonds. The van der Waals surface area contributed by atoms with Gasteiger partial charge in [-0.15, -0.1) is 0 Å². The standard InChI is InChI=1S/C32H34O/c1-23-13-5-9-17-27(23)31(28-18-10-6-14-24(28)2)21-33-22-32(29-19-11-7-15-25(29)3)30-20-12-8-16-26(30)4/h5-20,31-32H,21-22H2,1-4H3. The zero-order chi connectivity index (χ0) is 23.2. The molecule has 0 unspecified atom stereocenters. The van der Waals surface area contributed by atoms with E-state index in [1.807, 2.05) is 0 Å². The Balaban J connectivity index is 1.64. The minimum Gasteiger partial charge on any atom is -0.379 e. The molecule has 0 fully saturated rings. The summed E-state index contributed by atoms with van der Waals surface area (Å²) in [6.07, 6.45) is 0. The molecule has 0 saturated carbocycles. The first-order valence-corrected chi connectivity index (χ1v) is 11.9. The predicted molar refractivity (Wildman–Crippen MR) is 139 cm³/mol. The molecule has 0 aliphatic rings. The lowest BCUT2D eigenvalue weighted by molar-refractivity contribution is 0.120. The normalized spacial score (nSPS) is 11.3. The van der Waals surface area contributed by atoms with Crippen molar-refractivity contribution in [3.8, 4) is 0 Å². The number of aryl methyl sites for hydroxylation is 4. The van der Waals surface area contributed by atoms with Gasteiger partial charge in [-0.3, -0.25) is 0 Å². The Morgan fingerprint density at radius 1 is 0.424 bits per heavy atom. The fourth-order valence-corrected chi connectivity index (χ4v) is 4.91. The van der Waals surface area contributed by atoms with Crippen molar-refractivity contribution in [2.75, 3.05) is 13.2 Å². The molecular weight excluding hydrogens is 400 g/mol. The van der Waals surface area contributed by atoms with Gasteiger partial charge in [-0.2, -0.15) is 0 Å². The second-order valence-electron chi connectivity index (χ2n) is 9.07. The second kappa shape index (κ2) is 10.6. The van der Waals surface area contributed by atoms with Gasteiger partial charge in [0.1, 0.15) is 0 Å². The van der Waals surface area contributed by atoms with Crippen molar-refractivity contribution in [2.24, 2.45) is 0 Å². The van der Waals surface area contributed by atoms with Gasteiger partial charge in [-0.25, -0.2) is 0 Å². The van der Waals surface area contributed by atoms with E-state index in [9.17, 15) is 0 Å². The summed E-state index contributed by atoms with van der Waals surface area (Å²) in [5.74, 6) is 0.420. The summed E-state index contributed by atoms with van der Waals surface area (Å²) in [6.45, 7) is 10.1. The number of benzene rings is 4. The van der Waals surface area contributed by atoms with Crippen LogP contribution in [0.15, 0.2) is 97.1 Å². The monoisotopic (exact) mass is 434 g/mol. The molecular formula is C32H34O. The minimum atomic E-state index is 0.210. The first-order chi connectivity index (χ1) is 16.1. The van der Waals surface area contributed by atoms with Crippen LogP contribution in [-0.4, -0.2) is 13.2 Å². The Labute approximate surface area is 199 Å². The fraction of sp³-hybridized carbons (Fsp3) is 0.250. The van der Waals surface area contributed by atoms with Gasteiger partial charge < -0.3 is 4.74 Å². The van der Waals surface area contributed by atoms with Gasteiger partial charge in [0.2, 0.25) is 0 Å². The van der Waals surface area contributed by atoms with Gasteiger partial charge in [0, 0.05) is 11.8 Å². The summed E-state index contributed by atoms with van der Waals surface area (Å²) in [5.41, 5.74) is 10.6. The van der Waals surface area contributed by atoms with E-state index in [1.165, 1.54) is 44.5 Å². The molecule has 4 aromatic carbocycles. The van der Waals surface area contributed by atoms with Crippen LogP contribution in [-0.2, 0) is 4.74 Å². The Bertz CT molecular complexity index is 1020. The maximum atomic E-state index is 6.60. The highest BCUT2D eigenvalue weighted by atomic mass is 16.5. The summed E-state index contributed by atoms with van der Waals surface area (Å²) < 4.78 is 6.60. The van der Waals surface area contributed by atoms with Crippen LogP contribution in [0.4, 0.5) is 0 Å². The Morgan fingerprint density at radius 2 is 0.667 bits per heavy atom. The third kappa shape index (κ3) is 5.26. The van der Waals surface area contributed by atoms with E-state index in [2.05, 4.69) is 125 Å². The van der Waals surface area contributed by atoms with Crippen LogP contribution in [0.1, 0.15) is 56.3 Å². The van der Waals surface area contributed by atoms with Crippen molar-refractivity contribution in [1.82, 2.24) is 0 Å². The Kier molecular flexibility index (Phi) is 7.42. The number of hydrogen-bond acceptors (Lipinski definition) is 1. The van der Waals surface area contributed by atoms with E-state index in [-0.39, 0.29) is 11.8 Å². The van der Waals surface area contributed by atoms with E-state index in [0.29, 0.717) is 13.2 Å². The lowest BCUT2D eigenvalue weighted by Crippen LogP contribution is -2.17. The van der Waals surface area contributed by atoms with Gasteiger partial charge in [0.05, 0.1) is 13.2 Å². The van der Waals surface area contributed by atoms with E-state index in [4.69, 9.17) is 4.74 Å². The molecule has 168 valence electrons. The Morgan fingerprint density at radius 3 is 0.909 bits per heavy atom. The lowest BCUT2D eigenvalue weighted by atomic mass is 9.86. The molecule has 0 aromatic heterocycles. The van der Waals surface area contributed by atoms with Crippen molar-refractivity contribution >= 4 is 0 Å². The van der Waals surface area contributed by atoms with E-state index < -0.39 is 0 Å². The SMILES string of the molecule is Cc1ccccc1C(COCC(c1ccccc1C)c1ccccc1C)c1ccccc1C. The van der Waals surface area contributed by atoms with Gasteiger partial charge in [0.15, 0.2) is 0 Å². The molecule has 0 N–H and O–H groups in total. The fourth-order valence-electron chi connectivity index (χ4n) is 4.91. The largest absolute Gasteiger partial charge is 0.379 e. The molecule has 33 heavy (non-hydrogen) atoms. The molecule has 1 nitrogen and oxygen atoms in total. The predicted octanol–water partition coefficient (Wildman–Crippen LogP) is 7.90. The summed E-state index contributed by atoms with van der Waals surface area (Å²) >= 11 is 0. The van der Waals surface area contributed by atoms with Gasteiger partial charge >= 0.3 is 0 Å². The number of rotatable bonds is 8. The van der Waals surface area contributed by atoms with Crippen molar-refractivity contribution in [3.05, 3.63) is 142 Å². The van der Waals surface area contributed by atoms with Crippen molar-refractivity contribution < 1.29 is 4.74 Å². The second-order valence-corrected chi connectivity index (χ2v) is 9.07. The molecule has 4 rings (SSSR count). The van der Waals surface area contributed by atoms with Crippen LogP contribution in [0.3, 0.4) is 0 Å². The number of hydrogen-bond donors (Lipinski definition) is 0. The quantitative estimate of drug-likeness (QED) is 0.274. The third-order valence-corrected chi connectivity index (χ3v) is 6.82. The highest BCUT2D eigenvalue weighted by Gasteiger charge is 2.22. The number of ether oxygens (including phenoxy) is 1. The van der Waals surface area contributed by atoms with Crippen molar-refractivity contribution in [3.63, 3.8) is 0 Å². The topological polar surface area (TPSA) is 9.23 Å². The summed E-state index contributed by atoms with van der Waals surface area (Å²) in [6, 6.07) is 34.8. The first kappa shape index (κ1) is 23.0. The zero-order valence-corrected chi connectivity index (χ0v) is 20.2. The smallest absolute Gasteiger partial charge is 0.0576 e. The molecule has 4 aromatic rings. The third-order valence-electron chi connectivity index (χ3n) is 6.82. The minimum absolute atomic E-state index is 0.210. The summed E-state index contributed by atoms with van der Waals surface area (Å²) in [4.78, 5) is 0. The molecule has 1 heteroatoms. The molecule has 0 aliphatic heterocycles. The Hall–Kier alpha value is -3.16. The lowest BCUT2D eigenvalue weighted by Gasteiger charge is -2.25. The van der Waals surface area contributed by atoms with Crippen LogP contribution in [0, 0.1) is 27.7 Å². The van der Waals surface area contributed by atoms with Crippen molar-refractivity contribution in [1.29, 1.82) is 0 Å². The van der Waals surface area contributed by atoms with E-state index in [0.717, 1.165) is 0 Å². The van der Waals surface area contributed by atoms with Gasteiger partial charge in [0.25, 0.3) is 0 Å². The summed E-state index contributed by atoms with van der Waals surface area (Å²) in [5, 5.41) is 0. The van der Waals surface area contributed by atoms with E-state index >= 15 is 0 Å². The van der Waals surface area contributed by atoms with Crippen LogP contribution >= 0.6 is 0 Å². The average Bonchev–Trinajstić information content (AvgIpc) is 2.82. The maximum Gasteiger partial charge on any atom is 0.0576 e. The van der Waals surface area contributed by atoms with Crippen molar-refractivity contribution in [2.45, 2.75) is 39.5 Å². The highest BCUT2D eigenvalue weighted by molar-refractivity contribution is 5.42. The molecule has 0 atom stereocenters. The molecule has 0 spiro atoms. The molecule has 0 radical (unpaired) electrons. The van der Waals surface area contributed by atoms with Gasteiger partial charge in [-0.1, -0.05) is 97.1 Å². The van der Waals surface area contributed by atoms with Crippen LogP contribution in [0.2, 0.25) is 0 Å². The highest BCUT2D eigenvalue weighted by Crippen LogP contribution is 2.33. The van der Waals surface area contributed by atoms with Gasteiger partial charge in [-0.05, 0) is 72.2 Å². The summed E-state index contributed by atoms with van der Waals surface area (Å²) in [7, 11) is 0. The van der Waals surface area contributed by atoms with Crippen LogP contribution in [0.5, 0.6) is 0 Å². The molecule has 0 bridgehead atoms. The van der Waals surface area contributed by atoms with Crippen LogP contribution in [0.25, 0.3) is 0 Å². The zero-order valence-electron chi connectivity index (χ0n) is 20.2. The van der Waals surface area contributed by atoms with Crippen LogP contribution < -0.4 is 0 Å².